The molecule has 0 aliphatic heterocycles. The number of hydrogen-bond donors (Lipinski definition) is 1. The first-order valence-electron chi connectivity index (χ1n) is 7.19. The fraction of sp³-hybridized carbons (Fsp3) is 0.571. The molecule has 2 aromatic rings. The van der Waals surface area contributed by atoms with E-state index in [1.165, 1.54) is 11.3 Å². The second kappa shape index (κ2) is 6.89. The number of nitrogens with one attached hydrogen (secondary N) is 1. The third-order valence-corrected chi connectivity index (χ3v) is 5.83. The van der Waals surface area contributed by atoms with Gasteiger partial charge >= 0.3 is 0 Å². The van der Waals surface area contributed by atoms with E-state index in [9.17, 15) is 8.42 Å². The smallest absolute Gasteiger partial charge is 0.241 e. The summed E-state index contributed by atoms with van der Waals surface area (Å²) in [6.45, 7) is 8.05. The fourth-order valence-electron chi connectivity index (χ4n) is 2.00. The Morgan fingerprint density at radius 3 is 2.64 bits per heavy atom. The lowest BCUT2D eigenvalue weighted by Crippen LogP contribution is -2.25. The lowest BCUT2D eigenvalue weighted by molar-refractivity contribution is 0.368. The van der Waals surface area contributed by atoms with E-state index in [0.29, 0.717) is 36.0 Å². The normalized spacial score (nSPS) is 12.2. The van der Waals surface area contributed by atoms with Crippen LogP contribution in [0.15, 0.2) is 15.5 Å². The third-order valence-electron chi connectivity index (χ3n) is 3.14. The van der Waals surface area contributed by atoms with Crippen LogP contribution in [0.3, 0.4) is 0 Å². The molecule has 0 bridgehead atoms. The lowest BCUT2D eigenvalue weighted by atomic mass is 10.2. The average molecular weight is 343 g/mol. The van der Waals surface area contributed by atoms with Gasteiger partial charge in [-0.3, -0.25) is 0 Å². The fourth-order valence-corrected chi connectivity index (χ4v) is 4.63. The van der Waals surface area contributed by atoms with Gasteiger partial charge in [-0.25, -0.2) is 13.1 Å². The second-order valence-electron chi connectivity index (χ2n) is 5.48. The molecule has 0 spiro atoms. The number of nitrogens with zero attached hydrogens (tertiary/aromatic N) is 2. The number of thiophene rings is 1. The van der Waals surface area contributed by atoms with Crippen molar-refractivity contribution in [3.8, 4) is 0 Å². The van der Waals surface area contributed by atoms with Crippen molar-refractivity contribution >= 4 is 21.4 Å². The summed E-state index contributed by atoms with van der Waals surface area (Å²) in [5, 5.41) is 3.88. The minimum absolute atomic E-state index is 0.223. The van der Waals surface area contributed by atoms with Gasteiger partial charge in [-0.1, -0.05) is 19.0 Å². The second-order valence-corrected chi connectivity index (χ2v) is 8.68. The lowest BCUT2D eigenvalue weighted by Gasteiger charge is -2.05. The number of hydrogen-bond acceptors (Lipinski definition) is 6. The van der Waals surface area contributed by atoms with E-state index in [1.54, 1.807) is 6.07 Å². The number of rotatable bonds is 7. The van der Waals surface area contributed by atoms with Crippen LogP contribution >= 0.6 is 11.3 Å². The first kappa shape index (κ1) is 17.1. The van der Waals surface area contributed by atoms with Gasteiger partial charge in [0.1, 0.15) is 0 Å². The molecule has 2 heterocycles. The summed E-state index contributed by atoms with van der Waals surface area (Å²) in [6.07, 6.45) is 1.17. The number of sulfonamides is 1. The Kier molecular flexibility index (Phi) is 5.36. The van der Waals surface area contributed by atoms with Crippen LogP contribution in [0, 0.1) is 13.8 Å². The van der Waals surface area contributed by atoms with Gasteiger partial charge in [-0.15, -0.1) is 11.3 Å². The summed E-state index contributed by atoms with van der Waals surface area (Å²) in [4.78, 5) is 6.44. The van der Waals surface area contributed by atoms with Crippen LogP contribution in [0.5, 0.6) is 0 Å². The Morgan fingerprint density at radius 1 is 1.36 bits per heavy atom. The van der Waals surface area contributed by atoms with E-state index in [-0.39, 0.29) is 5.92 Å². The van der Waals surface area contributed by atoms with E-state index >= 15 is 0 Å². The van der Waals surface area contributed by atoms with Gasteiger partial charge in [0.05, 0.1) is 4.90 Å². The first-order valence-corrected chi connectivity index (χ1v) is 9.48. The molecule has 0 aromatic carbocycles. The van der Waals surface area contributed by atoms with Crippen LogP contribution in [0.1, 0.15) is 47.7 Å². The highest BCUT2D eigenvalue weighted by atomic mass is 32.2. The summed E-state index contributed by atoms with van der Waals surface area (Å²) in [6, 6.07) is 1.70. The zero-order valence-corrected chi connectivity index (χ0v) is 14.8. The Balaban J connectivity index is 1.86. The van der Waals surface area contributed by atoms with Crippen molar-refractivity contribution in [3.05, 3.63) is 27.5 Å². The SMILES string of the molecule is Cc1cc(S(=O)(=O)NCCCc2nc(C(C)C)no2)c(C)s1. The van der Waals surface area contributed by atoms with Crippen molar-refractivity contribution in [2.24, 2.45) is 0 Å². The third kappa shape index (κ3) is 4.15. The highest BCUT2D eigenvalue weighted by molar-refractivity contribution is 7.89. The van der Waals surface area contributed by atoms with Crippen LogP contribution < -0.4 is 4.72 Å². The molecule has 22 heavy (non-hydrogen) atoms. The molecule has 2 aromatic heterocycles. The van der Waals surface area contributed by atoms with Crippen molar-refractivity contribution in [1.29, 1.82) is 0 Å². The van der Waals surface area contributed by atoms with E-state index in [4.69, 9.17) is 4.52 Å². The van der Waals surface area contributed by atoms with E-state index in [1.807, 2.05) is 27.7 Å². The molecule has 0 saturated heterocycles. The van der Waals surface area contributed by atoms with Gasteiger partial charge in [0.25, 0.3) is 0 Å². The van der Waals surface area contributed by atoms with Crippen LogP contribution in [0.25, 0.3) is 0 Å². The summed E-state index contributed by atoms with van der Waals surface area (Å²) >= 11 is 1.49. The van der Waals surface area contributed by atoms with Crippen LogP contribution in [-0.2, 0) is 16.4 Å². The summed E-state index contributed by atoms with van der Waals surface area (Å²) < 4.78 is 32.2. The molecule has 0 atom stereocenters. The van der Waals surface area contributed by atoms with Crippen molar-refractivity contribution in [1.82, 2.24) is 14.9 Å². The Hall–Kier alpha value is -1.25. The predicted octanol–water partition coefficient (Wildman–Crippen LogP) is 2.78. The molecule has 1 N–H and O–H groups in total. The first-order chi connectivity index (χ1) is 10.3. The molecular weight excluding hydrogens is 322 g/mol. The number of aromatic nitrogens is 2. The molecule has 0 saturated carbocycles. The molecule has 0 aliphatic carbocycles. The van der Waals surface area contributed by atoms with Gasteiger partial charge in [0.15, 0.2) is 5.82 Å². The quantitative estimate of drug-likeness (QED) is 0.781. The summed E-state index contributed by atoms with van der Waals surface area (Å²) in [7, 11) is -3.44. The standard InChI is InChI=1S/C14H21N3O3S2/c1-9(2)14-16-13(20-17-14)6-5-7-15-22(18,19)12-8-10(3)21-11(12)4/h8-9,15H,5-7H2,1-4H3. The van der Waals surface area contributed by atoms with Crippen molar-refractivity contribution < 1.29 is 12.9 Å². The van der Waals surface area contributed by atoms with Gasteiger partial charge < -0.3 is 4.52 Å². The maximum Gasteiger partial charge on any atom is 0.241 e. The molecule has 2 rings (SSSR count). The van der Waals surface area contributed by atoms with Crippen LogP contribution in [-0.4, -0.2) is 25.1 Å². The van der Waals surface area contributed by atoms with Gasteiger partial charge in [-0.05, 0) is 26.3 Å². The van der Waals surface area contributed by atoms with Gasteiger partial charge in [0.2, 0.25) is 15.9 Å². The molecule has 122 valence electrons. The average Bonchev–Trinajstić information content (AvgIpc) is 3.02. The molecule has 0 radical (unpaired) electrons. The van der Waals surface area contributed by atoms with E-state index in [2.05, 4.69) is 14.9 Å². The maximum atomic E-state index is 12.2. The van der Waals surface area contributed by atoms with Crippen LogP contribution in [0.4, 0.5) is 0 Å². The molecule has 6 nitrogen and oxygen atoms in total. The zero-order chi connectivity index (χ0) is 16.3. The summed E-state index contributed by atoms with van der Waals surface area (Å²) in [5.41, 5.74) is 0. The van der Waals surface area contributed by atoms with Crippen molar-refractivity contribution in [2.75, 3.05) is 6.54 Å². The van der Waals surface area contributed by atoms with E-state index in [0.717, 1.165) is 9.75 Å². The Labute approximate surface area is 135 Å². The van der Waals surface area contributed by atoms with Gasteiger partial charge in [-0.2, -0.15) is 4.98 Å². The Morgan fingerprint density at radius 2 is 2.09 bits per heavy atom. The van der Waals surface area contributed by atoms with E-state index < -0.39 is 10.0 Å². The monoisotopic (exact) mass is 343 g/mol. The Bertz CT molecular complexity index is 732. The molecule has 0 unspecified atom stereocenters. The highest BCUT2D eigenvalue weighted by Crippen LogP contribution is 2.24. The van der Waals surface area contributed by atoms with Crippen molar-refractivity contribution in [2.45, 2.75) is 51.3 Å². The zero-order valence-electron chi connectivity index (χ0n) is 13.2. The molecular formula is C14H21N3O3S2. The molecule has 8 heteroatoms. The topological polar surface area (TPSA) is 85.1 Å². The predicted molar refractivity (Wildman–Crippen MR) is 85.7 cm³/mol. The maximum absolute atomic E-state index is 12.2. The largest absolute Gasteiger partial charge is 0.339 e. The van der Waals surface area contributed by atoms with Gasteiger partial charge in [0, 0.05) is 28.6 Å². The highest BCUT2D eigenvalue weighted by Gasteiger charge is 2.18. The number of aryl methyl sites for hydroxylation is 3. The molecule has 0 amide bonds. The molecule has 0 aliphatic rings. The minimum Gasteiger partial charge on any atom is -0.339 e. The summed E-state index contributed by atoms with van der Waals surface area (Å²) in [5.74, 6) is 1.45. The minimum atomic E-state index is -3.44. The molecule has 0 fully saturated rings. The van der Waals surface area contributed by atoms with Crippen LogP contribution in [0.2, 0.25) is 0 Å². The van der Waals surface area contributed by atoms with Crippen molar-refractivity contribution in [3.63, 3.8) is 0 Å².